The summed E-state index contributed by atoms with van der Waals surface area (Å²) in [6.45, 7) is 5.34. The van der Waals surface area contributed by atoms with Crippen LogP contribution in [0.3, 0.4) is 0 Å². The first-order valence-corrected chi connectivity index (χ1v) is 9.28. The Balaban J connectivity index is 1.63. The molecule has 0 radical (unpaired) electrons. The summed E-state index contributed by atoms with van der Waals surface area (Å²) in [5.74, 6) is 0.0305. The van der Waals surface area contributed by atoms with Gasteiger partial charge >= 0.3 is 0 Å². The molecule has 0 bridgehead atoms. The van der Waals surface area contributed by atoms with Crippen LogP contribution in [0, 0.1) is 0 Å². The molecule has 1 aliphatic rings. The van der Waals surface area contributed by atoms with Crippen molar-refractivity contribution in [3.05, 3.63) is 70.9 Å². The zero-order chi connectivity index (χ0) is 17.9. The van der Waals surface area contributed by atoms with Crippen LogP contribution in [0.25, 0.3) is 10.9 Å². The summed E-state index contributed by atoms with van der Waals surface area (Å²) in [6.07, 6.45) is 1.99. The second kappa shape index (κ2) is 7.62. The third-order valence-corrected chi connectivity index (χ3v) is 5.15. The van der Waals surface area contributed by atoms with Crippen LogP contribution in [-0.4, -0.2) is 48.1 Å². The molecule has 134 valence electrons. The molecule has 3 aromatic rings. The number of hydrogen-bond acceptors (Lipinski definition) is 3. The summed E-state index contributed by atoms with van der Waals surface area (Å²) in [5, 5.41) is 1.63. The molecular weight excluding hydrogens is 348 g/mol. The van der Waals surface area contributed by atoms with E-state index in [0.717, 1.165) is 55.9 Å². The van der Waals surface area contributed by atoms with Crippen molar-refractivity contribution in [2.75, 3.05) is 32.8 Å². The fourth-order valence-corrected chi connectivity index (χ4v) is 3.57. The third-order valence-electron chi connectivity index (χ3n) is 4.90. The van der Waals surface area contributed by atoms with Crippen molar-refractivity contribution in [1.29, 1.82) is 0 Å². The molecular formula is C21H21ClN2O2. The van der Waals surface area contributed by atoms with E-state index in [1.165, 1.54) is 0 Å². The molecule has 0 aliphatic carbocycles. The lowest BCUT2D eigenvalue weighted by molar-refractivity contribution is 0.0365. The molecule has 26 heavy (non-hydrogen) atoms. The Bertz CT molecular complexity index is 911. The normalized spacial score (nSPS) is 15.4. The van der Waals surface area contributed by atoms with Crippen molar-refractivity contribution < 1.29 is 9.53 Å². The lowest BCUT2D eigenvalue weighted by Crippen LogP contribution is -2.38. The lowest BCUT2D eigenvalue weighted by atomic mass is 10.0. The number of nitrogens with zero attached hydrogens (tertiary/aromatic N) is 2. The molecule has 1 aliphatic heterocycles. The molecule has 1 aromatic heterocycles. The summed E-state index contributed by atoms with van der Waals surface area (Å²) < 4.78 is 7.60. The number of ketones is 1. The van der Waals surface area contributed by atoms with Crippen molar-refractivity contribution in [3.8, 4) is 0 Å². The van der Waals surface area contributed by atoms with Crippen LogP contribution >= 0.6 is 11.6 Å². The minimum atomic E-state index is 0.0305. The average Bonchev–Trinajstić information content (AvgIpc) is 3.06. The van der Waals surface area contributed by atoms with E-state index in [-0.39, 0.29) is 5.78 Å². The monoisotopic (exact) mass is 368 g/mol. The maximum Gasteiger partial charge on any atom is 0.195 e. The molecule has 0 amide bonds. The molecule has 0 spiro atoms. The molecule has 1 fully saturated rings. The highest BCUT2D eigenvalue weighted by Crippen LogP contribution is 2.24. The molecule has 0 atom stereocenters. The Kier molecular flexibility index (Phi) is 5.07. The van der Waals surface area contributed by atoms with Crippen molar-refractivity contribution in [2.45, 2.75) is 6.54 Å². The topological polar surface area (TPSA) is 34.5 Å². The number of halogens is 1. The Hall–Kier alpha value is -2.14. The van der Waals surface area contributed by atoms with Gasteiger partial charge in [-0.2, -0.15) is 0 Å². The summed E-state index contributed by atoms with van der Waals surface area (Å²) >= 11 is 5.95. The van der Waals surface area contributed by atoms with E-state index in [1.54, 1.807) is 24.3 Å². The SMILES string of the molecule is O=C(c1ccc(Cl)cc1)c1cn(CCN2CCOCC2)c2ccccc12. The molecule has 5 heteroatoms. The van der Waals surface area contributed by atoms with E-state index in [1.807, 2.05) is 24.4 Å². The fourth-order valence-electron chi connectivity index (χ4n) is 3.44. The van der Waals surface area contributed by atoms with Crippen molar-refractivity contribution in [1.82, 2.24) is 9.47 Å². The number of carbonyl (C=O) groups excluding carboxylic acids is 1. The van der Waals surface area contributed by atoms with Crippen LogP contribution in [0.15, 0.2) is 54.7 Å². The number of carbonyl (C=O) groups is 1. The predicted molar refractivity (Wildman–Crippen MR) is 104 cm³/mol. The van der Waals surface area contributed by atoms with Gasteiger partial charge in [-0.1, -0.05) is 29.8 Å². The quantitative estimate of drug-likeness (QED) is 0.641. The van der Waals surface area contributed by atoms with Gasteiger partial charge in [0, 0.05) is 59.4 Å². The minimum Gasteiger partial charge on any atom is -0.379 e. The first-order chi connectivity index (χ1) is 12.7. The van der Waals surface area contributed by atoms with Crippen molar-refractivity contribution in [3.63, 3.8) is 0 Å². The summed E-state index contributed by atoms with van der Waals surface area (Å²) in [6, 6.07) is 15.2. The second-order valence-corrected chi connectivity index (χ2v) is 6.98. The van der Waals surface area contributed by atoms with Gasteiger partial charge in [-0.25, -0.2) is 0 Å². The lowest BCUT2D eigenvalue weighted by Gasteiger charge is -2.26. The number of benzene rings is 2. The van der Waals surface area contributed by atoms with Crippen LogP contribution in [0.1, 0.15) is 15.9 Å². The van der Waals surface area contributed by atoms with Gasteiger partial charge in [-0.05, 0) is 30.3 Å². The Morgan fingerprint density at radius 1 is 1.00 bits per heavy atom. The molecule has 2 heterocycles. The van der Waals surface area contributed by atoms with Gasteiger partial charge in [0.2, 0.25) is 0 Å². The number of morpholine rings is 1. The minimum absolute atomic E-state index is 0.0305. The van der Waals surface area contributed by atoms with Gasteiger partial charge in [0.05, 0.1) is 13.2 Å². The summed E-state index contributed by atoms with van der Waals surface area (Å²) in [5.41, 5.74) is 2.49. The first-order valence-electron chi connectivity index (χ1n) is 8.90. The zero-order valence-electron chi connectivity index (χ0n) is 14.5. The maximum atomic E-state index is 13.0. The average molecular weight is 369 g/mol. The Labute approximate surface area is 157 Å². The maximum absolute atomic E-state index is 13.0. The highest BCUT2D eigenvalue weighted by molar-refractivity contribution is 6.30. The molecule has 0 unspecified atom stereocenters. The van der Waals surface area contributed by atoms with Crippen LogP contribution < -0.4 is 0 Å². The molecule has 0 N–H and O–H groups in total. The largest absolute Gasteiger partial charge is 0.379 e. The highest BCUT2D eigenvalue weighted by Gasteiger charge is 2.17. The Morgan fingerprint density at radius 2 is 1.73 bits per heavy atom. The molecule has 4 rings (SSSR count). The van der Waals surface area contributed by atoms with Gasteiger partial charge in [0.15, 0.2) is 5.78 Å². The number of fused-ring (bicyclic) bond motifs is 1. The number of ether oxygens (including phenoxy) is 1. The first kappa shape index (κ1) is 17.3. The van der Waals surface area contributed by atoms with E-state index >= 15 is 0 Å². The van der Waals surface area contributed by atoms with E-state index in [9.17, 15) is 4.79 Å². The van der Waals surface area contributed by atoms with Crippen LogP contribution in [-0.2, 0) is 11.3 Å². The van der Waals surface area contributed by atoms with Crippen molar-refractivity contribution >= 4 is 28.3 Å². The van der Waals surface area contributed by atoms with Gasteiger partial charge in [0.1, 0.15) is 0 Å². The van der Waals surface area contributed by atoms with E-state index in [2.05, 4.69) is 15.5 Å². The highest BCUT2D eigenvalue weighted by atomic mass is 35.5. The predicted octanol–water partition coefficient (Wildman–Crippen LogP) is 3.86. The standard InChI is InChI=1S/C21H21ClN2O2/c22-17-7-5-16(6-8-17)21(25)19-15-24(20-4-2-1-3-18(19)20)10-9-23-11-13-26-14-12-23/h1-8,15H,9-14H2. The number of hydrogen-bond donors (Lipinski definition) is 0. The fraction of sp³-hybridized carbons (Fsp3) is 0.286. The van der Waals surface area contributed by atoms with Gasteiger partial charge in [-0.3, -0.25) is 9.69 Å². The van der Waals surface area contributed by atoms with Gasteiger partial charge < -0.3 is 9.30 Å². The summed E-state index contributed by atoms with van der Waals surface area (Å²) in [7, 11) is 0. The van der Waals surface area contributed by atoms with Crippen LogP contribution in [0.4, 0.5) is 0 Å². The number of para-hydroxylation sites is 1. The third kappa shape index (κ3) is 3.54. The smallest absolute Gasteiger partial charge is 0.195 e. The molecule has 4 nitrogen and oxygen atoms in total. The van der Waals surface area contributed by atoms with Gasteiger partial charge in [0.25, 0.3) is 0 Å². The van der Waals surface area contributed by atoms with E-state index in [0.29, 0.717) is 10.6 Å². The second-order valence-electron chi connectivity index (χ2n) is 6.54. The van der Waals surface area contributed by atoms with Crippen LogP contribution in [0.5, 0.6) is 0 Å². The zero-order valence-corrected chi connectivity index (χ0v) is 15.3. The molecule has 2 aromatic carbocycles. The number of aromatic nitrogens is 1. The van der Waals surface area contributed by atoms with E-state index in [4.69, 9.17) is 16.3 Å². The van der Waals surface area contributed by atoms with Crippen molar-refractivity contribution in [2.24, 2.45) is 0 Å². The molecule has 1 saturated heterocycles. The van der Waals surface area contributed by atoms with E-state index < -0.39 is 0 Å². The van der Waals surface area contributed by atoms with Gasteiger partial charge in [-0.15, -0.1) is 0 Å². The molecule has 0 saturated carbocycles. The van der Waals surface area contributed by atoms with Crippen LogP contribution in [0.2, 0.25) is 5.02 Å². The Morgan fingerprint density at radius 3 is 2.50 bits per heavy atom. The summed E-state index contributed by atoms with van der Waals surface area (Å²) in [4.78, 5) is 15.4. The number of rotatable bonds is 5.